The normalized spacial score (nSPS) is 13.6. The summed E-state index contributed by atoms with van der Waals surface area (Å²) in [6.45, 7) is 6.79. The second-order valence-electron chi connectivity index (χ2n) is 8.92. The summed E-state index contributed by atoms with van der Waals surface area (Å²) >= 11 is 0. The Labute approximate surface area is 208 Å². The average Bonchev–Trinajstić information content (AvgIpc) is 3.32. The van der Waals surface area contributed by atoms with Crippen LogP contribution in [0.1, 0.15) is 48.8 Å². The molecule has 0 radical (unpaired) electrons. The summed E-state index contributed by atoms with van der Waals surface area (Å²) in [6.07, 6.45) is 1.66. The van der Waals surface area contributed by atoms with Crippen molar-refractivity contribution >= 4 is 16.9 Å². The third kappa shape index (κ3) is 4.32. The Hall–Kier alpha value is -4.14. The number of ether oxygens (including phenoxy) is 3. The number of methoxy groups -OCH3 is 1. The summed E-state index contributed by atoms with van der Waals surface area (Å²) in [5.74, 6) is 0.670. The molecule has 0 fully saturated rings. The number of pyridine rings is 1. The van der Waals surface area contributed by atoms with Crippen molar-refractivity contribution in [3.8, 4) is 28.5 Å². The van der Waals surface area contributed by atoms with Crippen LogP contribution < -0.4 is 19.5 Å². The monoisotopic (exact) mass is 490 g/mol. The van der Waals surface area contributed by atoms with E-state index in [1.165, 1.54) is 13.2 Å². The van der Waals surface area contributed by atoms with E-state index < -0.39 is 11.9 Å². The van der Waals surface area contributed by atoms with Gasteiger partial charge in [0.1, 0.15) is 13.2 Å². The number of nitrogens with zero attached hydrogens (tertiary/aromatic N) is 3. The van der Waals surface area contributed by atoms with Gasteiger partial charge in [-0.05, 0) is 62.7 Å². The summed E-state index contributed by atoms with van der Waals surface area (Å²) in [6, 6.07) is 11.6. The first-order chi connectivity index (χ1) is 17.4. The Morgan fingerprint density at radius 2 is 1.86 bits per heavy atom. The van der Waals surface area contributed by atoms with Crippen LogP contribution in [0.25, 0.3) is 22.3 Å². The Morgan fingerprint density at radius 1 is 1.08 bits per heavy atom. The van der Waals surface area contributed by atoms with Crippen molar-refractivity contribution in [3.63, 3.8) is 0 Å². The van der Waals surface area contributed by atoms with Crippen LogP contribution in [-0.4, -0.2) is 41.0 Å². The van der Waals surface area contributed by atoms with Crippen molar-refractivity contribution in [2.75, 3.05) is 20.3 Å². The minimum absolute atomic E-state index is 0.0441. The number of amides is 1. The Bertz CT molecular complexity index is 1450. The van der Waals surface area contributed by atoms with Crippen LogP contribution in [-0.2, 0) is 0 Å². The zero-order valence-electron chi connectivity index (χ0n) is 20.5. The van der Waals surface area contributed by atoms with E-state index in [1.54, 1.807) is 36.0 Å². The molecule has 0 aliphatic carbocycles. The topological polar surface area (TPSA) is 87.5 Å². The zero-order chi connectivity index (χ0) is 25.4. The van der Waals surface area contributed by atoms with Gasteiger partial charge >= 0.3 is 0 Å². The van der Waals surface area contributed by atoms with Crippen LogP contribution in [0.2, 0.25) is 0 Å². The smallest absolute Gasteiger partial charge is 0.252 e. The fourth-order valence-corrected chi connectivity index (χ4v) is 4.24. The third-order valence-corrected chi connectivity index (χ3v) is 6.16. The molecule has 36 heavy (non-hydrogen) atoms. The van der Waals surface area contributed by atoms with Gasteiger partial charge in [-0.1, -0.05) is 6.07 Å². The van der Waals surface area contributed by atoms with Crippen LogP contribution in [0.3, 0.4) is 0 Å². The van der Waals surface area contributed by atoms with Gasteiger partial charge in [0.25, 0.3) is 5.91 Å². The van der Waals surface area contributed by atoms with Crippen molar-refractivity contribution < 1.29 is 23.4 Å². The standard InChI is InChI=1S/C27H27FN4O4/c1-15(2)32-26-20(14-29-32)19(27(33)30-16(3)17-5-7-23(34-4)21(28)11-17)13-22(31-26)18-6-8-24-25(12-18)36-10-9-35-24/h5-8,11-16H,9-10H2,1-4H3,(H,30,33)/t16-/m1/s1. The fourth-order valence-electron chi connectivity index (χ4n) is 4.24. The van der Waals surface area contributed by atoms with Crippen LogP contribution in [0.5, 0.6) is 17.2 Å². The molecule has 0 saturated carbocycles. The van der Waals surface area contributed by atoms with E-state index in [-0.39, 0.29) is 17.7 Å². The van der Waals surface area contributed by atoms with Crippen molar-refractivity contribution in [2.45, 2.75) is 32.9 Å². The van der Waals surface area contributed by atoms with Crippen LogP contribution in [0, 0.1) is 5.82 Å². The summed E-state index contributed by atoms with van der Waals surface area (Å²) in [5.41, 5.74) is 3.05. The van der Waals surface area contributed by atoms with Crippen LogP contribution in [0.15, 0.2) is 48.7 Å². The van der Waals surface area contributed by atoms with Gasteiger partial charge in [0.05, 0.1) is 36.0 Å². The molecular weight excluding hydrogens is 463 g/mol. The van der Waals surface area contributed by atoms with E-state index in [0.717, 1.165) is 5.56 Å². The molecule has 2 aromatic heterocycles. The molecule has 1 N–H and O–H groups in total. The summed E-state index contributed by atoms with van der Waals surface area (Å²) < 4.78 is 32.4. The number of nitrogens with one attached hydrogen (secondary N) is 1. The summed E-state index contributed by atoms with van der Waals surface area (Å²) in [7, 11) is 1.41. The molecule has 9 heteroatoms. The Kier molecular flexibility index (Phi) is 6.22. The maximum atomic E-state index is 14.2. The van der Waals surface area contributed by atoms with Crippen molar-refractivity contribution in [2.24, 2.45) is 0 Å². The van der Waals surface area contributed by atoms with Gasteiger partial charge in [-0.25, -0.2) is 14.1 Å². The molecule has 5 rings (SSSR count). The predicted octanol–water partition coefficient (Wildman–Crippen LogP) is 5.09. The van der Waals surface area contributed by atoms with Gasteiger partial charge < -0.3 is 19.5 Å². The molecule has 0 unspecified atom stereocenters. The number of hydrogen-bond acceptors (Lipinski definition) is 6. The van der Waals surface area contributed by atoms with Gasteiger partial charge in [0.15, 0.2) is 28.7 Å². The van der Waals surface area contributed by atoms with Crippen molar-refractivity contribution in [1.82, 2.24) is 20.1 Å². The lowest BCUT2D eigenvalue weighted by Gasteiger charge is -2.19. The zero-order valence-corrected chi connectivity index (χ0v) is 20.5. The number of fused-ring (bicyclic) bond motifs is 2. The molecule has 2 aromatic carbocycles. The molecule has 0 bridgehead atoms. The molecule has 186 valence electrons. The highest BCUT2D eigenvalue weighted by molar-refractivity contribution is 6.06. The number of aromatic nitrogens is 3. The predicted molar refractivity (Wildman–Crippen MR) is 133 cm³/mol. The molecule has 0 spiro atoms. The lowest BCUT2D eigenvalue weighted by Crippen LogP contribution is -2.27. The van der Waals surface area contributed by atoms with E-state index in [2.05, 4.69) is 10.4 Å². The molecule has 1 aliphatic heterocycles. The van der Waals surface area contributed by atoms with E-state index in [1.807, 2.05) is 32.0 Å². The first-order valence-corrected chi connectivity index (χ1v) is 11.8. The maximum absolute atomic E-state index is 14.2. The first-order valence-electron chi connectivity index (χ1n) is 11.8. The molecule has 8 nitrogen and oxygen atoms in total. The molecular formula is C27H27FN4O4. The molecule has 1 atom stereocenters. The van der Waals surface area contributed by atoms with Gasteiger partial charge in [0.2, 0.25) is 0 Å². The number of halogens is 1. The molecule has 4 aromatic rings. The largest absolute Gasteiger partial charge is 0.494 e. The number of rotatable bonds is 6. The molecule has 3 heterocycles. The van der Waals surface area contributed by atoms with E-state index in [0.29, 0.717) is 52.6 Å². The van der Waals surface area contributed by atoms with Crippen LogP contribution in [0.4, 0.5) is 4.39 Å². The van der Waals surface area contributed by atoms with Gasteiger partial charge in [-0.3, -0.25) is 4.79 Å². The number of hydrogen-bond donors (Lipinski definition) is 1. The quantitative estimate of drug-likeness (QED) is 0.405. The first kappa shape index (κ1) is 23.6. The highest BCUT2D eigenvalue weighted by Crippen LogP contribution is 2.35. The van der Waals surface area contributed by atoms with Gasteiger partial charge in [0, 0.05) is 11.6 Å². The number of carbonyl (C=O) groups excluding carboxylic acids is 1. The van der Waals surface area contributed by atoms with E-state index in [9.17, 15) is 9.18 Å². The van der Waals surface area contributed by atoms with Crippen molar-refractivity contribution in [3.05, 3.63) is 65.6 Å². The summed E-state index contributed by atoms with van der Waals surface area (Å²) in [4.78, 5) is 18.4. The second-order valence-corrected chi connectivity index (χ2v) is 8.92. The fraction of sp³-hybridized carbons (Fsp3) is 0.296. The SMILES string of the molecule is COc1ccc([C@@H](C)NC(=O)c2cc(-c3ccc4c(c3)OCCO4)nc3c2cnn3C(C)C)cc1F. The third-order valence-electron chi connectivity index (χ3n) is 6.16. The summed E-state index contributed by atoms with van der Waals surface area (Å²) in [5, 5.41) is 8.09. The van der Waals surface area contributed by atoms with Gasteiger partial charge in [-0.2, -0.15) is 5.10 Å². The maximum Gasteiger partial charge on any atom is 0.252 e. The Morgan fingerprint density at radius 3 is 2.58 bits per heavy atom. The highest BCUT2D eigenvalue weighted by Gasteiger charge is 2.22. The minimum Gasteiger partial charge on any atom is -0.494 e. The Balaban J connectivity index is 1.54. The van der Waals surface area contributed by atoms with E-state index >= 15 is 0 Å². The lowest BCUT2D eigenvalue weighted by atomic mass is 10.0. The minimum atomic E-state index is -0.485. The number of carbonyl (C=O) groups is 1. The molecule has 0 saturated heterocycles. The second kappa shape index (κ2) is 9.49. The average molecular weight is 491 g/mol. The van der Waals surface area contributed by atoms with Crippen LogP contribution >= 0.6 is 0 Å². The lowest BCUT2D eigenvalue weighted by molar-refractivity contribution is 0.0941. The molecule has 1 aliphatic rings. The number of benzene rings is 2. The molecule has 1 amide bonds. The van der Waals surface area contributed by atoms with Crippen molar-refractivity contribution in [1.29, 1.82) is 0 Å². The van der Waals surface area contributed by atoms with E-state index in [4.69, 9.17) is 19.2 Å². The highest BCUT2D eigenvalue weighted by atomic mass is 19.1. The van der Waals surface area contributed by atoms with Gasteiger partial charge in [-0.15, -0.1) is 0 Å².